The van der Waals surface area contributed by atoms with Crippen LogP contribution in [-0.4, -0.2) is 51.3 Å². The van der Waals surface area contributed by atoms with E-state index < -0.39 is 22.7 Å². The van der Waals surface area contributed by atoms with Crippen molar-refractivity contribution in [2.75, 3.05) is 32.4 Å². The van der Waals surface area contributed by atoms with Gasteiger partial charge in [0.2, 0.25) is 10.0 Å². The Morgan fingerprint density at radius 3 is 2.59 bits per heavy atom. The van der Waals surface area contributed by atoms with Crippen LogP contribution in [-0.2, 0) is 10.0 Å². The normalized spacial score (nSPS) is 23.9. The fourth-order valence-electron chi connectivity index (χ4n) is 1.91. The molecule has 1 rings (SSSR count). The summed E-state index contributed by atoms with van der Waals surface area (Å²) in [7, 11) is -3.23. The summed E-state index contributed by atoms with van der Waals surface area (Å²) in [6.07, 6.45) is -1.63. The predicted octanol–water partition coefficient (Wildman–Crippen LogP) is 0.810. The van der Waals surface area contributed by atoms with E-state index in [2.05, 4.69) is 5.32 Å². The molecule has 0 saturated carbocycles. The average Bonchev–Trinajstić information content (AvgIpc) is 2.15. The highest BCUT2D eigenvalue weighted by atomic mass is 32.2. The second-order valence-corrected chi connectivity index (χ2v) is 6.36. The molecule has 17 heavy (non-hydrogen) atoms. The topological polar surface area (TPSA) is 49.4 Å². The molecule has 0 aromatic carbocycles. The van der Waals surface area contributed by atoms with Gasteiger partial charge in [-0.25, -0.2) is 12.7 Å². The number of halogens is 3. The third-order valence-corrected chi connectivity index (χ3v) is 3.98. The van der Waals surface area contributed by atoms with Crippen LogP contribution in [0.3, 0.4) is 0 Å². The first-order valence-electron chi connectivity index (χ1n) is 5.41. The van der Waals surface area contributed by atoms with Crippen LogP contribution >= 0.6 is 0 Å². The fraction of sp³-hybridized carbons (Fsp3) is 1.00. The van der Waals surface area contributed by atoms with Crippen LogP contribution < -0.4 is 5.32 Å². The second-order valence-electron chi connectivity index (χ2n) is 4.38. The molecule has 8 heteroatoms. The van der Waals surface area contributed by atoms with Gasteiger partial charge in [-0.2, -0.15) is 13.2 Å². The number of piperidine rings is 1. The molecule has 4 nitrogen and oxygen atoms in total. The summed E-state index contributed by atoms with van der Waals surface area (Å²) in [5.74, 6) is -0.0409. The van der Waals surface area contributed by atoms with E-state index >= 15 is 0 Å². The van der Waals surface area contributed by atoms with Crippen LogP contribution in [0.1, 0.15) is 12.8 Å². The third-order valence-electron chi connectivity index (χ3n) is 2.71. The van der Waals surface area contributed by atoms with Crippen molar-refractivity contribution in [3.8, 4) is 0 Å². The number of hydrogen-bond acceptors (Lipinski definition) is 3. The van der Waals surface area contributed by atoms with E-state index in [-0.39, 0.29) is 12.5 Å². The van der Waals surface area contributed by atoms with Crippen molar-refractivity contribution >= 4 is 10.0 Å². The van der Waals surface area contributed by atoms with Crippen LogP contribution in [0.25, 0.3) is 0 Å². The molecule has 1 saturated heterocycles. The molecule has 0 spiro atoms. The van der Waals surface area contributed by atoms with Crippen molar-refractivity contribution in [1.29, 1.82) is 0 Å². The van der Waals surface area contributed by atoms with E-state index in [4.69, 9.17) is 0 Å². The summed E-state index contributed by atoms with van der Waals surface area (Å²) in [4.78, 5) is 0. The first-order valence-corrected chi connectivity index (χ1v) is 7.26. The number of hydrogen-bond donors (Lipinski definition) is 1. The molecule has 1 atom stereocenters. The number of sulfonamides is 1. The minimum atomic E-state index is -4.22. The van der Waals surface area contributed by atoms with Crippen molar-refractivity contribution in [3.05, 3.63) is 0 Å². The highest BCUT2D eigenvalue weighted by molar-refractivity contribution is 7.88. The molecule has 0 aliphatic carbocycles. The van der Waals surface area contributed by atoms with Crippen LogP contribution in [0.2, 0.25) is 0 Å². The van der Waals surface area contributed by atoms with Crippen LogP contribution in [0.5, 0.6) is 0 Å². The maximum absolute atomic E-state index is 11.9. The standard InChI is InChI=1S/C9H17F3N2O2S/c1-17(15,16)14-4-2-3-8(6-14)5-13-7-9(10,11)12/h8,13H,2-7H2,1H3. The molecular formula is C9H17F3N2O2S. The lowest BCUT2D eigenvalue weighted by molar-refractivity contribution is -0.125. The maximum atomic E-state index is 11.9. The molecule has 0 aromatic heterocycles. The van der Waals surface area contributed by atoms with Crippen molar-refractivity contribution in [2.45, 2.75) is 19.0 Å². The van der Waals surface area contributed by atoms with Gasteiger partial charge in [0, 0.05) is 13.1 Å². The predicted molar refractivity (Wildman–Crippen MR) is 58.1 cm³/mol. The molecule has 1 aliphatic heterocycles. The van der Waals surface area contributed by atoms with Crippen LogP contribution in [0, 0.1) is 5.92 Å². The zero-order valence-corrected chi connectivity index (χ0v) is 10.4. The van der Waals surface area contributed by atoms with Crippen molar-refractivity contribution in [2.24, 2.45) is 5.92 Å². The van der Waals surface area contributed by atoms with E-state index in [9.17, 15) is 21.6 Å². The van der Waals surface area contributed by atoms with Gasteiger partial charge in [-0.15, -0.1) is 0 Å². The molecule has 1 fully saturated rings. The lowest BCUT2D eigenvalue weighted by Crippen LogP contribution is -2.43. The summed E-state index contributed by atoms with van der Waals surface area (Å²) in [5.41, 5.74) is 0. The summed E-state index contributed by atoms with van der Waals surface area (Å²) < 4.78 is 59.6. The summed E-state index contributed by atoms with van der Waals surface area (Å²) in [5, 5.41) is 2.32. The Labute approximate surface area is 99.2 Å². The zero-order valence-electron chi connectivity index (χ0n) is 9.63. The van der Waals surface area contributed by atoms with Gasteiger partial charge < -0.3 is 5.32 Å². The lowest BCUT2D eigenvalue weighted by atomic mass is 10.00. The first-order chi connectivity index (χ1) is 7.68. The fourth-order valence-corrected chi connectivity index (χ4v) is 2.86. The molecule has 0 aromatic rings. The van der Waals surface area contributed by atoms with Crippen LogP contribution in [0.4, 0.5) is 13.2 Å². The number of alkyl halides is 3. The first kappa shape index (κ1) is 14.7. The van der Waals surface area contributed by atoms with E-state index in [1.807, 2.05) is 0 Å². The van der Waals surface area contributed by atoms with Gasteiger partial charge in [0.15, 0.2) is 0 Å². The summed E-state index contributed by atoms with van der Waals surface area (Å²) in [6, 6.07) is 0. The SMILES string of the molecule is CS(=O)(=O)N1CCCC(CNCC(F)(F)F)C1. The summed E-state index contributed by atoms with van der Waals surface area (Å²) in [6.45, 7) is -0.0494. The van der Waals surface area contributed by atoms with E-state index in [1.165, 1.54) is 4.31 Å². The highest BCUT2D eigenvalue weighted by Gasteiger charge is 2.29. The minimum absolute atomic E-state index is 0.0409. The van der Waals surface area contributed by atoms with Crippen molar-refractivity contribution in [1.82, 2.24) is 9.62 Å². The molecule has 1 N–H and O–H groups in total. The van der Waals surface area contributed by atoms with Crippen molar-refractivity contribution in [3.63, 3.8) is 0 Å². The Morgan fingerprint density at radius 2 is 2.06 bits per heavy atom. The van der Waals surface area contributed by atoms with Crippen LogP contribution in [0.15, 0.2) is 0 Å². The Hall–Kier alpha value is -0.340. The Kier molecular flexibility index (Phi) is 4.79. The lowest BCUT2D eigenvalue weighted by Gasteiger charge is -2.31. The monoisotopic (exact) mass is 274 g/mol. The molecule has 1 heterocycles. The van der Waals surface area contributed by atoms with Crippen molar-refractivity contribution < 1.29 is 21.6 Å². The van der Waals surface area contributed by atoms with Gasteiger partial charge in [-0.3, -0.25) is 0 Å². The zero-order chi connectivity index (χ0) is 13.1. The largest absolute Gasteiger partial charge is 0.401 e. The number of rotatable bonds is 4. The molecule has 102 valence electrons. The number of nitrogens with zero attached hydrogens (tertiary/aromatic N) is 1. The average molecular weight is 274 g/mol. The highest BCUT2D eigenvalue weighted by Crippen LogP contribution is 2.18. The second kappa shape index (κ2) is 5.53. The van der Waals surface area contributed by atoms with E-state index in [1.54, 1.807) is 0 Å². The van der Waals surface area contributed by atoms with Gasteiger partial charge in [0.1, 0.15) is 0 Å². The quantitative estimate of drug-likeness (QED) is 0.825. The smallest absolute Gasteiger partial charge is 0.308 e. The third kappa shape index (κ3) is 5.69. The molecule has 0 amide bonds. The Balaban J connectivity index is 2.36. The van der Waals surface area contributed by atoms with Gasteiger partial charge >= 0.3 is 6.18 Å². The van der Waals surface area contributed by atoms with E-state index in [0.29, 0.717) is 19.5 Å². The van der Waals surface area contributed by atoms with Gasteiger partial charge in [0.25, 0.3) is 0 Å². The molecule has 1 unspecified atom stereocenters. The van der Waals surface area contributed by atoms with Gasteiger partial charge in [-0.05, 0) is 25.3 Å². The maximum Gasteiger partial charge on any atom is 0.401 e. The number of nitrogens with one attached hydrogen (secondary N) is 1. The Morgan fingerprint density at radius 1 is 1.41 bits per heavy atom. The Bertz CT molecular complexity index is 343. The summed E-state index contributed by atoms with van der Waals surface area (Å²) >= 11 is 0. The van der Waals surface area contributed by atoms with Gasteiger partial charge in [-0.1, -0.05) is 0 Å². The van der Waals surface area contributed by atoms with Gasteiger partial charge in [0.05, 0.1) is 12.8 Å². The molecule has 0 bridgehead atoms. The molecule has 1 aliphatic rings. The molecular weight excluding hydrogens is 257 g/mol. The minimum Gasteiger partial charge on any atom is -0.308 e. The van der Waals surface area contributed by atoms with E-state index in [0.717, 1.165) is 12.7 Å². The molecule has 0 radical (unpaired) electrons.